The number of halogens is 2. The van der Waals surface area contributed by atoms with Crippen molar-refractivity contribution in [2.75, 3.05) is 18.9 Å². The molecule has 0 unspecified atom stereocenters. The van der Waals surface area contributed by atoms with E-state index in [2.05, 4.69) is 0 Å². The third-order valence-electron chi connectivity index (χ3n) is 3.13. The third-order valence-corrected chi connectivity index (χ3v) is 3.45. The minimum Gasteiger partial charge on any atom is -0.486 e. The molecule has 6 heteroatoms. The molecule has 1 aliphatic rings. The van der Waals surface area contributed by atoms with Crippen molar-refractivity contribution >= 4 is 23.1 Å². The zero-order chi connectivity index (χ0) is 15.0. The second-order valence-electron chi connectivity index (χ2n) is 4.54. The van der Waals surface area contributed by atoms with Gasteiger partial charge in [0.15, 0.2) is 17.3 Å². The van der Waals surface area contributed by atoms with E-state index in [1.165, 1.54) is 24.3 Å². The Kier molecular flexibility index (Phi) is 3.43. The zero-order valence-electron chi connectivity index (χ0n) is 10.9. The molecule has 2 N–H and O–H groups in total. The van der Waals surface area contributed by atoms with Gasteiger partial charge >= 0.3 is 0 Å². The van der Waals surface area contributed by atoms with E-state index in [-0.39, 0.29) is 27.6 Å². The van der Waals surface area contributed by atoms with Gasteiger partial charge in [-0.15, -0.1) is 0 Å². The Morgan fingerprint density at radius 2 is 1.81 bits per heavy atom. The Morgan fingerprint density at radius 1 is 1.14 bits per heavy atom. The molecule has 108 valence electrons. The Bertz CT molecular complexity index is 733. The monoisotopic (exact) mass is 307 g/mol. The number of ether oxygens (including phenoxy) is 2. The number of nitrogen functional groups attached to an aromatic ring is 1. The molecule has 2 aromatic carbocycles. The molecule has 0 bridgehead atoms. The molecule has 0 spiro atoms. The van der Waals surface area contributed by atoms with Gasteiger partial charge in [0, 0.05) is 17.2 Å². The van der Waals surface area contributed by atoms with Crippen LogP contribution < -0.4 is 15.2 Å². The van der Waals surface area contributed by atoms with Crippen LogP contribution >= 0.6 is 11.6 Å². The van der Waals surface area contributed by atoms with Crippen molar-refractivity contribution in [3.8, 4) is 11.5 Å². The van der Waals surface area contributed by atoms with E-state index in [0.29, 0.717) is 24.7 Å². The number of hydrogen-bond donors (Lipinski definition) is 1. The van der Waals surface area contributed by atoms with Crippen LogP contribution in [0.15, 0.2) is 30.3 Å². The molecule has 0 saturated heterocycles. The first-order chi connectivity index (χ1) is 10.1. The number of carbonyl (C=O) groups is 1. The lowest BCUT2D eigenvalue weighted by molar-refractivity contribution is 0.103. The number of benzene rings is 2. The average Bonchev–Trinajstić information content (AvgIpc) is 2.48. The fraction of sp³-hybridized carbons (Fsp3) is 0.133. The highest BCUT2D eigenvalue weighted by Gasteiger charge is 2.20. The van der Waals surface area contributed by atoms with Gasteiger partial charge in [-0.1, -0.05) is 11.6 Å². The number of fused-ring (bicyclic) bond motifs is 1. The summed E-state index contributed by atoms with van der Waals surface area (Å²) in [6, 6.07) is 6.86. The van der Waals surface area contributed by atoms with Crippen LogP contribution in [0.25, 0.3) is 0 Å². The van der Waals surface area contributed by atoms with Crippen molar-refractivity contribution in [1.29, 1.82) is 0 Å². The van der Waals surface area contributed by atoms with Crippen LogP contribution in [0.1, 0.15) is 15.9 Å². The van der Waals surface area contributed by atoms with Gasteiger partial charge in [0.1, 0.15) is 19.0 Å². The maximum absolute atomic E-state index is 13.2. The predicted molar refractivity (Wildman–Crippen MR) is 76.7 cm³/mol. The molecule has 4 nitrogen and oxygen atoms in total. The lowest BCUT2D eigenvalue weighted by Gasteiger charge is -2.19. The number of ketones is 1. The molecule has 0 radical (unpaired) electrons. The highest BCUT2D eigenvalue weighted by atomic mass is 35.5. The Morgan fingerprint density at radius 3 is 2.48 bits per heavy atom. The van der Waals surface area contributed by atoms with E-state index in [0.717, 1.165) is 6.07 Å². The normalized spacial score (nSPS) is 13.0. The molecule has 0 aromatic heterocycles. The molecular formula is C15H11ClFNO3. The standard InChI is InChI=1S/C15H11ClFNO3/c16-10-7-14-13(20-3-4-21-14)6-9(10)15(19)8-1-2-11(17)12(18)5-8/h1-2,5-7H,3-4,18H2. The summed E-state index contributed by atoms with van der Waals surface area (Å²) in [6.07, 6.45) is 0. The van der Waals surface area contributed by atoms with Gasteiger partial charge in [0.2, 0.25) is 0 Å². The van der Waals surface area contributed by atoms with E-state index in [9.17, 15) is 9.18 Å². The Hall–Kier alpha value is -2.27. The summed E-state index contributed by atoms with van der Waals surface area (Å²) in [5.41, 5.74) is 5.91. The minimum atomic E-state index is -0.570. The summed E-state index contributed by atoms with van der Waals surface area (Å²) in [4.78, 5) is 12.5. The first kappa shape index (κ1) is 13.7. The number of anilines is 1. The van der Waals surface area contributed by atoms with Crippen LogP contribution in [0, 0.1) is 5.82 Å². The quantitative estimate of drug-likeness (QED) is 0.684. The average molecular weight is 308 g/mol. The summed E-state index contributed by atoms with van der Waals surface area (Å²) < 4.78 is 24.0. The number of nitrogens with two attached hydrogens (primary N) is 1. The molecule has 1 heterocycles. The molecule has 0 aliphatic carbocycles. The summed E-state index contributed by atoms with van der Waals surface area (Å²) in [5, 5.41) is 0.243. The van der Waals surface area contributed by atoms with Crippen LogP contribution in [-0.2, 0) is 0 Å². The second kappa shape index (κ2) is 5.26. The highest BCUT2D eigenvalue weighted by Crippen LogP contribution is 2.36. The van der Waals surface area contributed by atoms with Gasteiger partial charge in [-0.2, -0.15) is 0 Å². The van der Waals surface area contributed by atoms with Gasteiger partial charge in [-0.25, -0.2) is 4.39 Å². The van der Waals surface area contributed by atoms with E-state index < -0.39 is 5.82 Å². The van der Waals surface area contributed by atoms with Gasteiger partial charge in [-0.05, 0) is 24.3 Å². The largest absolute Gasteiger partial charge is 0.486 e. The zero-order valence-corrected chi connectivity index (χ0v) is 11.6. The number of carbonyl (C=O) groups excluding carboxylic acids is 1. The molecule has 1 aliphatic heterocycles. The first-order valence-corrected chi connectivity index (χ1v) is 6.63. The van der Waals surface area contributed by atoms with Crippen molar-refractivity contribution < 1.29 is 18.7 Å². The van der Waals surface area contributed by atoms with Crippen LogP contribution in [0.5, 0.6) is 11.5 Å². The topological polar surface area (TPSA) is 61.6 Å². The van der Waals surface area contributed by atoms with Crippen LogP contribution in [0.3, 0.4) is 0 Å². The molecule has 0 saturated carbocycles. The van der Waals surface area contributed by atoms with E-state index >= 15 is 0 Å². The van der Waals surface area contributed by atoms with E-state index in [1.807, 2.05) is 0 Å². The molecule has 0 amide bonds. The molecular weight excluding hydrogens is 297 g/mol. The fourth-order valence-electron chi connectivity index (χ4n) is 2.08. The number of hydrogen-bond acceptors (Lipinski definition) is 4. The van der Waals surface area contributed by atoms with Crippen molar-refractivity contribution in [3.63, 3.8) is 0 Å². The molecule has 2 aromatic rings. The van der Waals surface area contributed by atoms with Crippen LogP contribution in [-0.4, -0.2) is 19.0 Å². The molecule has 0 fully saturated rings. The van der Waals surface area contributed by atoms with E-state index in [1.54, 1.807) is 0 Å². The van der Waals surface area contributed by atoms with Gasteiger partial charge < -0.3 is 15.2 Å². The smallest absolute Gasteiger partial charge is 0.194 e. The fourth-order valence-corrected chi connectivity index (χ4v) is 2.32. The Balaban J connectivity index is 2.03. The van der Waals surface area contributed by atoms with Crippen molar-refractivity contribution in [3.05, 3.63) is 52.3 Å². The lowest BCUT2D eigenvalue weighted by atomic mass is 10.0. The summed E-state index contributed by atoms with van der Waals surface area (Å²) in [5.74, 6) is 0.0361. The third kappa shape index (κ3) is 2.52. The minimum absolute atomic E-state index is 0.0884. The van der Waals surface area contributed by atoms with Gasteiger partial charge in [0.05, 0.1) is 10.7 Å². The molecule has 21 heavy (non-hydrogen) atoms. The molecule has 0 atom stereocenters. The van der Waals surface area contributed by atoms with Crippen molar-refractivity contribution in [2.45, 2.75) is 0 Å². The summed E-state index contributed by atoms with van der Waals surface area (Å²) in [7, 11) is 0. The van der Waals surface area contributed by atoms with Gasteiger partial charge in [0.25, 0.3) is 0 Å². The number of rotatable bonds is 2. The highest BCUT2D eigenvalue weighted by molar-refractivity contribution is 6.35. The van der Waals surface area contributed by atoms with Crippen molar-refractivity contribution in [2.24, 2.45) is 0 Å². The predicted octanol–water partition coefficient (Wildman–Crippen LogP) is 3.06. The maximum atomic E-state index is 13.2. The SMILES string of the molecule is Nc1cc(C(=O)c2cc3c(cc2Cl)OCCO3)ccc1F. The summed E-state index contributed by atoms with van der Waals surface area (Å²) in [6.45, 7) is 0.844. The molecule has 3 rings (SSSR count). The lowest BCUT2D eigenvalue weighted by Crippen LogP contribution is -2.16. The van der Waals surface area contributed by atoms with Crippen LogP contribution in [0.4, 0.5) is 10.1 Å². The second-order valence-corrected chi connectivity index (χ2v) is 4.95. The first-order valence-electron chi connectivity index (χ1n) is 6.25. The van der Waals surface area contributed by atoms with Gasteiger partial charge in [-0.3, -0.25) is 4.79 Å². The Labute approximate surface area is 125 Å². The van der Waals surface area contributed by atoms with Crippen LogP contribution in [0.2, 0.25) is 5.02 Å². The van der Waals surface area contributed by atoms with E-state index in [4.69, 9.17) is 26.8 Å². The maximum Gasteiger partial charge on any atom is 0.194 e. The van der Waals surface area contributed by atoms with Crippen molar-refractivity contribution in [1.82, 2.24) is 0 Å². The summed E-state index contributed by atoms with van der Waals surface area (Å²) >= 11 is 6.12.